The third kappa shape index (κ3) is 4.60. The summed E-state index contributed by atoms with van der Waals surface area (Å²) in [4.78, 5) is 12.7. The number of amides is 1. The van der Waals surface area contributed by atoms with Crippen LogP contribution >= 0.6 is 23.2 Å². The number of hydrogen-bond donors (Lipinski definition) is 2. The van der Waals surface area contributed by atoms with Crippen molar-refractivity contribution in [3.8, 4) is 0 Å². The molecule has 0 aliphatic rings. The maximum absolute atomic E-state index is 12.6. The van der Waals surface area contributed by atoms with Gasteiger partial charge >= 0.3 is 0 Å². The molecule has 2 N–H and O–H groups in total. The number of carbonyl (C=O) groups is 1. The first kappa shape index (κ1) is 19.2. The van der Waals surface area contributed by atoms with Gasteiger partial charge in [-0.05, 0) is 42.5 Å². The first-order valence-corrected chi connectivity index (χ1v) is 10.0. The molecule has 3 rings (SSSR count). The van der Waals surface area contributed by atoms with Gasteiger partial charge in [0.15, 0.2) is 0 Å². The van der Waals surface area contributed by atoms with E-state index in [1.54, 1.807) is 42.5 Å². The lowest BCUT2D eigenvalue weighted by molar-refractivity contribution is 0.102. The summed E-state index contributed by atoms with van der Waals surface area (Å²) in [5, 5.41) is 3.34. The van der Waals surface area contributed by atoms with Crippen LogP contribution in [-0.4, -0.2) is 14.3 Å². The van der Waals surface area contributed by atoms with E-state index in [9.17, 15) is 13.2 Å². The number of nitrogens with one attached hydrogen (secondary N) is 2. The van der Waals surface area contributed by atoms with E-state index in [0.717, 1.165) is 0 Å². The lowest BCUT2D eigenvalue weighted by atomic mass is 10.1. The number of benzene rings is 3. The summed E-state index contributed by atoms with van der Waals surface area (Å²) in [5.74, 6) is -0.486. The molecule has 1 amide bonds. The van der Waals surface area contributed by atoms with Gasteiger partial charge in [-0.15, -0.1) is 0 Å². The van der Waals surface area contributed by atoms with Crippen LogP contribution in [0.5, 0.6) is 0 Å². The molecule has 0 saturated carbocycles. The predicted octanol–water partition coefficient (Wildman–Crippen LogP) is 5.05. The third-order valence-corrected chi connectivity index (χ3v) is 5.77. The number of anilines is 2. The molecule has 3 aromatic carbocycles. The van der Waals surface area contributed by atoms with Crippen LogP contribution < -0.4 is 10.0 Å². The Labute approximate surface area is 167 Å². The molecule has 27 heavy (non-hydrogen) atoms. The van der Waals surface area contributed by atoms with Crippen molar-refractivity contribution in [2.45, 2.75) is 4.90 Å². The molecule has 0 radical (unpaired) electrons. The summed E-state index contributed by atoms with van der Waals surface area (Å²) in [6, 6.07) is 18.9. The highest BCUT2D eigenvalue weighted by atomic mass is 35.5. The van der Waals surface area contributed by atoms with Crippen LogP contribution in [0, 0.1) is 0 Å². The summed E-state index contributed by atoms with van der Waals surface area (Å²) in [6.07, 6.45) is 0. The molecule has 0 spiro atoms. The van der Waals surface area contributed by atoms with Gasteiger partial charge in [0.1, 0.15) is 0 Å². The van der Waals surface area contributed by atoms with E-state index in [1.165, 1.54) is 30.3 Å². The normalized spacial score (nSPS) is 11.0. The topological polar surface area (TPSA) is 75.3 Å². The molecule has 0 fully saturated rings. The minimum atomic E-state index is -3.82. The van der Waals surface area contributed by atoms with Crippen LogP contribution in [0.25, 0.3) is 0 Å². The maximum Gasteiger partial charge on any atom is 0.261 e. The first-order chi connectivity index (χ1) is 12.9. The monoisotopic (exact) mass is 420 g/mol. The molecule has 0 aromatic heterocycles. The SMILES string of the molecule is O=C(Nc1ccc(Cl)c(Cl)c1)c1ccccc1NS(=O)(=O)c1ccccc1. The van der Waals surface area contributed by atoms with Gasteiger partial charge in [0.05, 0.1) is 26.2 Å². The Kier molecular flexibility index (Phi) is 5.70. The van der Waals surface area contributed by atoms with Crippen LogP contribution in [0.2, 0.25) is 10.0 Å². The van der Waals surface area contributed by atoms with Gasteiger partial charge in [0.2, 0.25) is 0 Å². The van der Waals surface area contributed by atoms with Crippen LogP contribution in [-0.2, 0) is 10.0 Å². The van der Waals surface area contributed by atoms with Crippen molar-refractivity contribution in [2.75, 3.05) is 10.0 Å². The minimum Gasteiger partial charge on any atom is -0.322 e. The Hall–Kier alpha value is -2.54. The Morgan fingerprint density at radius 1 is 0.815 bits per heavy atom. The molecule has 0 atom stereocenters. The summed E-state index contributed by atoms with van der Waals surface area (Å²) in [7, 11) is -3.82. The second kappa shape index (κ2) is 8.00. The first-order valence-electron chi connectivity index (χ1n) is 7.80. The van der Waals surface area contributed by atoms with Crippen molar-refractivity contribution < 1.29 is 13.2 Å². The molecular weight excluding hydrogens is 407 g/mol. The van der Waals surface area contributed by atoms with E-state index >= 15 is 0 Å². The second-order valence-electron chi connectivity index (χ2n) is 5.55. The average molecular weight is 421 g/mol. The standard InChI is InChI=1S/C19H14Cl2N2O3S/c20-16-11-10-13(12-17(16)21)22-19(24)15-8-4-5-9-18(15)23-27(25,26)14-6-2-1-3-7-14/h1-12,23H,(H,22,24). The van der Waals surface area contributed by atoms with Crippen LogP contribution in [0.15, 0.2) is 77.7 Å². The van der Waals surface area contributed by atoms with Crippen LogP contribution in [0.1, 0.15) is 10.4 Å². The van der Waals surface area contributed by atoms with Crippen molar-refractivity contribution in [3.63, 3.8) is 0 Å². The van der Waals surface area contributed by atoms with E-state index in [-0.39, 0.29) is 16.1 Å². The fourth-order valence-corrected chi connectivity index (χ4v) is 3.74. The quantitative estimate of drug-likeness (QED) is 0.606. The zero-order valence-corrected chi connectivity index (χ0v) is 16.1. The zero-order valence-electron chi connectivity index (χ0n) is 13.8. The third-order valence-electron chi connectivity index (χ3n) is 3.65. The van der Waals surface area contributed by atoms with Gasteiger partial charge < -0.3 is 5.32 Å². The molecule has 3 aromatic rings. The Morgan fingerprint density at radius 3 is 2.19 bits per heavy atom. The Morgan fingerprint density at radius 2 is 1.48 bits per heavy atom. The number of rotatable bonds is 5. The number of carbonyl (C=O) groups excluding carboxylic acids is 1. The van der Waals surface area contributed by atoms with Gasteiger partial charge in [0.25, 0.3) is 15.9 Å². The van der Waals surface area contributed by atoms with Crippen LogP contribution in [0.4, 0.5) is 11.4 Å². The molecule has 0 aliphatic carbocycles. The molecule has 0 unspecified atom stereocenters. The number of hydrogen-bond acceptors (Lipinski definition) is 3. The van der Waals surface area contributed by atoms with E-state index in [4.69, 9.17) is 23.2 Å². The number of halogens is 2. The number of sulfonamides is 1. The maximum atomic E-state index is 12.6. The van der Waals surface area contributed by atoms with Gasteiger partial charge in [-0.1, -0.05) is 53.5 Å². The zero-order chi connectivity index (χ0) is 19.4. The summed E-state index contributed by atoms with van der Waals surface area (Å²) in [6.45, 7) is 0. The molecule has 138 valence electrons. The highest BCUT2D eigenvalue weighted by Gasteiger charge is 2.18. The fraction of sp³-hybridized carbons (Fsp3) is 0. The van der Waals surface area contributed by atoms with E-state index < -0.39 is 15.9 Å². The molecule has 5 nitrogen and oxygen atoms in total. The van der Waals surface area contributed by atoms with E-state index in [0.29, 0.717) is 15.7 Å². The second-order valence-corrected chi connectivity index (χ2v) is 8.04. The smallest absolute Gasteiger partial charge is 0.261 e. The molecule has 0 saturated heterocycles. The Bertz CT molecular complexity index is 1090. The molecular formula is C19H14Cl2N2O3S. The van der Waals surface area contributed by atoms with Gasteiger partial charge in [-0.2, -0.15) is 0 Å². The highest BCUT2D eigenvalue weighted by Crippen LogP contribution is 2.26. The van der Waals surface area contributed by atoms with Crippen molar-refractivity contribution >= 4 is 50.5 Å². The molecule has 0 aliphatic heterocycles. The van der Waals surface area contributed by atoms with Gasteiger partial charge in [-0.25, -0.2) is 8.42 Å². The lowest BCUT2D eigenvalue weighted by Crippen LogP contribution is -2.18. The van der Waals surface area contributed by atoms with Crippen molar-refractivity contribution in [3.05, 3.63) is 88.4 Å². The molecule has 0 bridgehead atoms. The van der Waals surface area contributed by atoms with Gasteiger partial charge in [0, 0.05) is 5.69 Å². The largest absolute Gasteiger partial charge is 0.322 e. The predicted molar refractivity (Wildman–Crippen MR) is 108 cm³/mol. The van der Waals surface area contributed by atoms with Crippen molar-refractivity contribution in [2.24, 2.45) is 0 Å². The van der Waals surface area contributed by atoms with Crippen molar-refractivity contribution in [1.82, 2.24) is 0 Å². The minimum absolute atomic E-state index is 0.102. The lowest BCUT2D eigenvalue weighted by Gasteiger charge is -2.13. The fourth-order valence-electron chi connectivity index (χ4n) is 2.35. The molecule has 8 heteroatoms. The average Bonchev–Trinajstić information content (AvgIpc) is 2.65. The highest BCUT2D eigenvalue weighted by molar-refractivity contribution is 7.92. The Balaban J connectivity index is 1.87. The van der Waals surface area contributed by atoms with Gasteiger partial charge in [-0.3, -0.25) is 9.52 Å². The molecule has 0 heterocycles. The van der Waals surface area contributed by atoms with E-state index in [2.05, 4.69) is 10.0 Å². The van der Waals surface area contributed by atoms with Crippen molar-refractivity contribution in [1.29, 1.82) is 0 Å². The van der Waals surface area contributed by atoms with Crippen LogP contribution in [0.3, 0.4) is 0 Å². The summed E-state index contributed by atoms with van der Waals surface area (Å²) >= 11 is 11.8. The summed E-state index contributed by atoms with van der Waals surface area (Å²) < 4.78 is 27.5. The number of para-hydroxylation sites is 1. The van der Waals surface area contributed by atoms with E-state index in [1.807, 2.05) is 0 Å². The summed E-state index contributed by atoms with van der Waals surface area (Å²) in [5.41, 5.74) is 0.775.